The van der Waals surface area contributed by atoms with Crippen LogP contribution in [-0.4, -0.2) is 47.8 Å². The van der Waals surface area contributed by atoms with E-state index in [1.54, 1.807) is 12.1 Å². The van der Waals surface area contributed by atoms with Gasteiger partial charge in [0.05, 0.1) is 5.69 Å². The van der Waals surface area contributed by atoms with Crippen LogP contribution in [0.4, 0.5) is 14.5 Å². The Balaban J connectivity index is 1.46. The van der Waals surface area contributed by atoms with Crippen molar-refractivity contribution in [2.45, 2.75) is 6.54 Å². The predicted molar refractivity (Wildman–Crippen MR) is 121 cm³/mol. The molecule has 3 aromatic rings. The molecule has 1 aliphatic rings. The first-order valence-corrected chi connectivity index (χ1v) is 10.5. The summed E-state index contributed by atoms with van der Waals surface area (Å²) in [6, 6.07) is 21.4. The SMILES string of the molecule is O=C(NC(=Nc1ccccc1)N1CCN(Cc2cccc(F)c2)CC1)c1ccc(F)cc1. The molecule has 0 radical (unpaired) electrons. The maximum Gasteiger partial charge on any atom is 0.257 e. The third-order valence-electron chi connectivity index (χ3n) is 5.29. The number of carbonyl (C=O) groups is 1. The fourth-order valence-corrected chi connectivity index (χ4v) is 3.59. The van der Waals surface area contributed by atoms with Crippen molar-refractivity contribution in [1.82, 2.24) is 15.1 Å². The summed E-state index contributed by atoms with van der Waals surface area (Å²) in [7, 11) is 0. The van der Waals surface area contributed by atoms with Crippen LogP contribution >= 0.6 is 0 Å². The van der Waals surface area contributed by atoms with Gasteiger partial charge in [-0.15, -0.1) is 0 Å². The quantitative estimate of drug-likeness (QED) is 0.495. The number of nitrogens with one attached hydrogen (secondary N) is 1. The number of nitrogens with zero attached hydrogens (tertiary/aromatic N) is 3. The Morgan fingerprint density at radius 1 is 0.844 bits per heavy atom. The largest absolute Gasteiger partial charge is 0.340 e. The highest BCUT2D eigenvalue weighted by Crippen LogP contribution is 2.14. The average molecular weight is 434 g/mol. The summed E-state index contributed by atoms with van der Waals surface area (Å²) in [4.78, 5) is 21.7. The predicted octanol–water partition coefficient (Wildman–Crippen LogP) is 4.20. The van der Waals surface area contributed by atoms with Crippen molar-refractivity contribution < 1.29 is 13.6 Å². The number of hydrogen-bond donors (Lipinski definition) is 1. The van der Waals surface area contributed by atoms with E-state index in [-0.39, 0.29) is 11.7 Å². The van der Waals surface area contributed by atoms with Gasteiger partial charge in [-0.2, -0.15) is 0 Å². The topological polar surface area (TPSA) is 47.9 Å². The lowest BCUT2D eigenvalue weighted by Gasteiger charge is -2.36. The van der Waals surface area contributed by atoms with Gasteiger partial charge < -0.3 is 4.90 Å². The van der Waals surface area contributed by atoms with Crippen LogP contribution in [0.1, 0.15) is 15.9 Å². The van der Waals surface area contributed by atoms with Crippen molar-refractivity contribution >= 4 is 17.6 Å². The first-order chi connectivity index (χ1) is 15.6. The highest BCUT2D eigenvalue weighted by molar-refractivity contribution is 6.06. The zero-order chi connectivity index (χ0) is 22.3. The molecule has 1 aliphatic heterocycles. The summed E-state index contributed by atoms with van der Waals surface area (Å²) in [5, 5.41) is 2.89. The molecule has 0 aromatic heterocycles. The summed E-state index contributed by atoms with van der Waals surface area (Å²) in [5.41, 5.74) is 2.02. The van der Waals surface area contributed by atoms with Crippen molar-refractivity contribution in [3.63, 3.8) is 0 Å². The molecule has 0 aliphatic carbocycles. The number of hydrogen-bond acceptors (Lipinski definition) is 3. The van der Waals surface area contributed by atoms with Gasteiger partial charge >= 0.3 is 0 Å². The molecule has 1 N–H and O–H groups in total. The minimum absolute atomic E-state index is 0.234. The number of guanidine groups is 1. The molecule has 0 spiro atoms. The van der Waals surface area contributed by atoms with Crippen molar-refractivity contribution in [3.8, 4) is 0 Å². The van der Waals surface area contributed by atoms with Crippen molar-refractivity contribution in [1.29, 1.82) is 0 Å². The molecule has 1 heterocycles. The Labute approximate surface area is 186 Å². The lowest BCUT2D eigenvalue weighted by molar-refractivity contribution is 0.0967. The Morgan fingerprint density at radius 2 is 1.56 bits per heavy atom. The Bertz CT molecular complexity index is 1080. The summed E-state index contributed by atoms with van der Waals surface area (Å²) in [5.74, 6) is -0.520. The number of halogens is 2. The molecule has 3 aromatic carbocycles. The van der Waals surface area contributed by atoms with Gasteiger partial charge in [-0.1, -0.05) is 30.3 Å². The van der Waals surface area contributed by atoms with E-state index < -0.39 is 5.82 Å². The van der Waals surface area contributed by atoms with Crippen molar-refractivity contribution in [2.24, 2.45) is 4.99 Å². The molecular weight excluding hydrogens is 410 g/mol. The summed E-state index contributed by atoms with van der Waals surface area (Å²) in [6.07, 6.45) is 0. The maximum atomic E-state index is 13.5. The van der Waals surface area contributed by atoms with E-state index in [1.807, 2.05) is 41.3 Å². The third kappa shape index (κ3) is 5.76. The molecule has 5 nitrogen and oxygen atoms in total. The Hall–Kier alpha value is -3.58. The van der Waals surface area contributed by atoms with Gasteiger partial charge in [0.25, 0.3) is 5.91 Å². The minimum atomic E-state index is -0.394. The van der Waals surface area contributed by atoms with Crippen LogP contribution in [0.15, 0.2) is 83.9 Å². The molecule has 1 saturated heterocycles. The second kappa shape index (κ2) is 10.2. The van der Waals surface area contributed by atoms with Gasteiger partial charge in [0.15, 0.2) is 0 Å². The van der Waals surface area contributed by atoms with Crippen LogP contribution in [0, 0.1) is 11.6 Å². The minimum Gasteiger partial charge on any atom is -0.340 e. The van der Waals surface area contributed by atoms with Gasteiger partial charge in [0.2, 0.25) is 5.96 Å². The first kappa shape index (κ1) is 21.6. The molecule has 32 heavy (non-hydrogen) atoms. The molecule has 0 saturated carbocycles. The van der Waals surface area contributed by atoms with Gasteiger partial charge in [0.1, 0.15) is 11.6 Å². The number of piperazine rings is 1. The number of benzene rings is 3. The zero-order valence-corrected chi connectivity index (χ0v) is 17.5. The van der Waals surface area contributed by atoms with Gasteiger partial charge in [-0.25, -0.2) is 13.8 Å². The van der Waals surface area contributed by atoms with E-state index in [1.165, 1.54) is 30.3 Å². The molecule has 7 heteroatoms. The van der Waals surface area contributed by atoms with Crippen molar-refractivity contribution in [2.75, 3.05) is 26.2 Å². The van der Waals surface area contributed by atoms with Gasteiger partial charge in [0, 0.05) is 38.3 Å². The highest BCUT2D eigenvalue weighted by Gasteiger charge is 2.22. The number of aliphatic imine (C=N–C) groups is 1. The molecular formula is C25H24F2N4O. The molecule has 4 rings (SSSR count). The van der Waals surface area contributed by atoms with Crippen LogP contribution in [0.3, 0.4) is 0 Å². The smallest absolute Gasteiger partial charge is 0.257 e. The van der Waals surface area contributed by atoms with Gasteiger partial charge in [-0.05, 0) is 54.1 Å². The van der Waals surface area contributed by atoms with Crippen LogP contribution in [-0.2, 0) is 6.54 Å². The Kier molecular flexibility index (Phi) is 6.87. The number of para-hydroxylation sites is 1. The van der Waals surface area contributed by atoms with Crippen LogP contribution in [0.2, 0.25) is 0 Å². The van der Waals surface area contributed by atoms with Crippen molar-refractivity contribution in [3.05, 3.63) is 102 Å². The summed E-state index contributed by atoms with van der Waals surface area (Å²) < 4.78 is 26.7. The first-order valence-electron chi connectivity index (χ1n) is 10.5. The van der Waals surface area contributed by atoms with Crippen LogP contribution in [0.5, 0.6) is 0 Å². The van der Waals surface area contributed by atoms with Gasteiger partial charge in [-0.3, -0.25) is 15.0 Å². The number of carbonyl (C=O) groups excluding carboxylic acids is 1. The molecule has 0 atom stereocenters. The molecule has 0 unspecified atom stereocenters. The lowest BCUT2D eigenvalue weighted by Crippen LogP contribution is -2.53. The normalized spacial score (nSPS) is 14.9. The lowest BCUT2D eigenvalue weighted by atomic mass is 10.2. The molecule has 1 amide bonds. The standard InChI is InChI=1S/C25H24F2N4O/c26-21-11-9-20(10-12-21)24(32)29-25(28-23-7-2-1-3-8-23)31-15-13-30(14-16-31)18-19-5-4-6-22(27)17-19/h1-12,17H,13-16,18H2,(H,28,29,32). The fraction of sp³-hybridized carbons (Fsp3) is 0.200. The van der Waals surface area contributed by atoms with Crippen LogP contribution < -0.4 is 5.32 Å². The second-order valence-corrected chi connectivity index (χ2v) is 7.63. The average Bonchev–Trinajstić information content (AvgIpc) is 2.80. The number of rotatable bonds is 4. The second-order valence-electron chi connectivity index (χ2n) is 7.63. The van der Waals surface area contributed by atoms with E-state index in [9.17, 15) is 13.6 Å². The molecule has 0 bridgehead atoms. The monoisotopic (exact) mass is 434 g/mol. The zero-order valence-electron chi connectivity index (χ0n) is 17.5. The van der Waals surface area contributed by atoms with E-state index >= 15 is 0 Å². The highest BCUT2D eigenvalue weighted by atomic mass is 19.1. The van der Waals surface area contributed by atoms with E-state index in [4.69, 9.17) is 0 Å². The Morgan fingerprint density at radius 3 is 2.25 bits per heavy atom. The van der Waals surface area contributed by atoms with E-state index in [2.05, 4.69) is 15.2 Å². The summed E-state index contributed by atoms with van der Waals surface area (Å²) in [6.45, 7) is 3.47. The summed E-state index contributed by atoms with van der Waals surface area (Å²) >= 11 is 0. The van der Waals surface area contributed by atoms with E-state index in [0.29, 0.717) is 31.2 Å². The van der Waals surface area contributed by atoms with Crippen LogP contribution in [0.25, 0.3) is 0 Å². The number of amides is 1. The maximum absolute atomic E-state index is 13.5. The van der Waals surface area contributed by atoms with E-state index in [0.717, 1.165) is 24.3 Å². The third-order valence-corrected chi connectivity index (χ3v) is 5.29. The molecule has 1 fully saturated rings. The molecule has 164 valence electrons. The fourth-order valence-electron chi connectivity index (χ4n) is 3.59.